The fraction of sp³-hybridized carbons (Fsp3) is 0.125. The number of hydrogen-bond donors (Lipinski definition) is 2. The molecular weight excluding hydrogens is 330 g/mol. The predicted octanol–water partition coefficient (Wildman–Crippen LogP) is -6.27. The van der Waals surface area contributed by atoms with Gasteiger partial charge in [-0.15, -0.1) is 0 Å². The minimum atomic E-state index is -2.23. The molecule has 2 aromatic rings. The number of rotatable bonds is 5. The molecule has 0 saturated carbocycles. The van der Waals surface area contributed by atoms with Gasteiger partial charge in [0.1, 0.15) is 0 Å². The zero-order valence-corrected chi connectivity index (χ0v) is 17.6. The maximum absolute atomic E-state index is 11.8. The van der Waals surface area contributed by atoms with Crippen molar-refractivity contribution in [3.05, 3.63) is 60.7 Å². The van der Waals surface area contributed by atoms with Gasteiger partial charge >= 0.3 is 59.1 Å². The molecule has 8 heteroatoms. The van der Waals surface area contributed by atoms with Crippen molar-refractivity contribution >= 4 is 23.2 Å². The van der Waals surface area contributed by atoms with E-state index in [9.17, 15) is 19.8 Å². The van der Waals surface area contributed by atoms with Gasteiger partial charge in [-0.1, -0.05) is 36.4 Å². The van der Waals surface area contributed by atoms with Gasteiger partial charge in [0.15, 0.2) is 0 Å². The minimum absolute atomic E-state index is 0. The van der Waals surface area contributed by atoms with Gasteiger partial charge in [0.25, 0.3) is 0 Å². The van der Waals surface area contributed by atoms with Gasteiger partial charge in [-0.25, -0.2) is 0 Å². The third-order valence-corrected chi connectivity index (χ3v) is 2.87. The minimum Gasteiger partial charge on any atom is -0.845 e. The van der Waals surface area contributed by atoms with Gasteiger partial charge in [0.05, 0.1) is 0 Å². The Bertz CT molecular complexity index is 584. The maximum Gasteiger partial charge on any atom is 1.00 e. The van der Waals surface area contributed by atoms with Crippen LogP contribution >= 0.6 is 0 Å². The number of carbonyl (C=O) groups excluding carboxylic acids is 2. The summed E-state index contributed by atoms with van der Waals surface area (Å²) in [5.41, 5.74) is 0.785. The van der Waals surface area contributed by atoms with Gasteiger partial charge < -0.3 is 20.8 Å². The van der Waals surface area contributed by atoms with Crippen molar-refractivity contribution in [1.29, 1.82) is 0 Å². The zero-order chi connectivity index (χ0) is 15.9. The zero-order valence-electron chi connectivity index (χ0n) is 13.6. The van der Waals surface area contributed by atoms with E-state index in [0.29, 0.717) is 11.4 Å². The first-order valence-corrected chi connectivity index (χ1v) is 6.61. The number of nitrogens with one attached hydrogen (secondary N) is 2. The molecule has 114 valence electrons. The van der Waals surface area contributed by atoms with E-state index in [1.807, 2.05) is 0 Å². The van der Waals surface area contributed by atoms with Gasteiger partial charge in [0, 0.05) is 11.4 Å². The van der Waals surface area contributed by atoms with Crippen LogP contribution in [-0.4, -0.2) is 24.0 Å². The van der Waals surface area contributed by atoms with E-state index in [1.165, 1.54) is 0 Å². The molecule has 2 atom stereocenters. The molecular formula is C16H14N2Na2O4. The quantitative estimate of drug-likeness (QED) is 0.527. The first-order valence-electron chi connectivity index (χ1n) is 6.61. The Hall–Kier alpha value is -0.700. The maximum atomic E-state index is 11.8. The molecule has 0 spiro atoms. The Morgan fingerprint density at radius 3 is 1.25 bits per heavy atom. The number of para-hydroxylation sites is 2. The van der Waals surface area contributed by atoms with Crippen LogP contribution in [0.1, 0.15) is 0 Å². The molecule has 0 aliphatic rings. The molecule has 2 rings (SSSR count). The summed E-state index contributed by atoms with van der Waals surface area (Å²) < 4.78 is 0. The van der Waals surface area contributed by atoms with Crippen LogP contribution in [0.5, 0.6) is 0 Å². The van der Waals surface area contributed by atoms with E-state index in [-0.39, 0.29) is 59.1 Å². The Balaban J connectivity index is 0.00000264. The number of benzene rings is 2. The van der Waals surface area contributed by atoms with Crippen LogP contribution in [0.3, 0.4) is 0 Å². The van der Waals surface area contributed by atoms with Crippen LogP contribution in [0.4, 0.5) is 11.4 Å². The fourth-order valence-electron chi connectivity index (χ4n) is 1.74. The molecule has 6 nitrogen and oxygen atoms in total. The average molecular weight is 344 g/mol. The second kappa shape index (κ2) is 11.8. The summed E-state index contributed by atoms with van der Waals surface area (Å²) in [7, 11) is 0. The second-order valence-corrected chi connectivity index (χ2v) is 4.55. The second-order valence-electron chi connectivity index (χ2n) is 4.55. The van der Waals surface area contributed by atoms with Crippen molar-refractivity contribution in [3.63, 3.8) is 0 Å². The largest absolute Gasteiger partial charge is 1.00 e. The normalized spacial score (nSPS) is 11.9. The Labute approximate surface area is 184 Å². The van der Waals surface area contributed by atoms with Crippen molar-refractivity contribution in [2.24, 2.45) is 0 Å². The van der Waals surface area contributed by atoms with Crippen molar-refractivity contribution in [1.82, 2.24) is 0 Å². The first kappa shape index (κ1) is 23.3. The molecule has 2 amide bonds. The average Bonchev–Trinajstić information content (AvgIpc) is 2.55. The van der Waals surface area contributed by atoms with Gasteiger partial charge in [-0.05, 0) is 36.5 Å². The van der Waals surface area contributed by atoms with E-state index < -0.39 is 24.0 Å². The Kier molecular flexibility index (Phi) is 11.4. The molecule has 0 aliphatic carbocycles. The van der Waals surface area contributed by atoms with Crippen LogP contribution < -0.4 is 80.0 Å². The smallest absolute Gasteiger partial charge is 0.845 e. The van der Waals surface area contributed by atoms with E-state index >= 15 is 0 Å². The summed E-state index contributed by atoms with van der Waals surface area (Å²) in [5.74, 6) is -2.07. The third kappa shape index (κ3) is 7.04. The topological polar surface area (TPSA) is 104 Å². The molecule has 2 aromatic carbocycles. The summed E-state index contributed by atoms with van der Waals surface area (Å²) >= 11 is 0. The van der Waals surface area contributed by atoms with Crippen LogP contribution in [-0.2, 0) is 9.59 Å². The standard InChI is InChI=1S/C16H14N2O4.2Na/c19-13(15(21)17-11-7-3-1-4-8-11)14(20)16(22)18-12-9-5-2-6-10-12;;/h1-10,13-14H,(H,17,21)(H,18,22);;/q-2;2*+1/t13-,14-;;/m0../s1. The molecule has 0 fully saturated rings. The molecule has 0 aliphatic heterocycles. The summed E-state index contributed by atoms with van der Waals surface area (Å²) in [6.45, 7) is 0. The SMILES string of the molecule is O=C(Nc1ccccc1)[C@@H]([O-])[C@H]([O-])C(=O)Nc1ccccc1.[Na+].[Na+]. The number of hydrogen-bond acceptors (Lipinski definition) is 4. The Morgan fingerprint density at radius 1 is 0.667 bits per heavy atom. The summed E-state index contributed by atoms with van der Waals surface area (Å²) in [6, 6.07) is 16.5. The predicted molar refractivity (Wildman–Crippen MR) is 77.7 cm³/mol. The van der Waals surface area contributed by atoms with Crippen LogP contribution in [0.25, 0.3) is 0 Å². The number of anilines is 2. The van der Waals surface area contributed by atoms with Crippen molar-refractivity contribution < 1.29 is 78.9 Å². The molecule has 0 saturated heterocycles. The Morgan fingerprint density at radius 2 is 0.958 bits per heavy atom. The third-order valence-electron chi connectivity index (χ3n) is 2.87. The summed E-state index contributed by atoms with van der Waals surface area (Å²) in [4.78, 5) is 23.4. The van der Waals surface area contributed by atoms with Gasteiger partial charge in [-0.2, -0.15) is 0 Å². The summed E-state index contributed by atoms with van der Waals surface area (Å²) in [5, 5.41) is 28.2. The van der Waals surface area contributed by atoms with Crippen LogP contribution in [0.15, 0.2) is 60.7 Å². The molecule has 0 aromatic heterocycles. The molecule has 2 N–H and O–H groups in total. The molecule has 0 radical (unpaired) electrons. The molecule has 24 heavy (non-hydrogen) atoms. The fourth-order valence-corrected chi connectivity index (χ4v) is 1.74. The molecule has 0 bridgehead atoms. The van der Waals surface area contributed by atoms with Crippen molar-refractivity contribution in [3.8, 4) is 0 Å². The van der Waals surface area contributed by atoms with Crippen LogP contribution in [0, 0.1) is 0 Å². The van der Waals surface area contributed by atoms with E-state index in [0.717, 1.165) is 0 Å². The van der Waals surface area contributed by atoms with Crippen LogP contribution in [0.2, 0.25) is 0 Å². The number of carbonyl (C=O) groups is 2. The van der Waals surface area contributed by atoms with Crippen molar-refractivity contribution in [2.75, 3.05) is 10.6 Å². The van der Waals surface area contributed by atoms with Gasteiger partial charge in [0.2, 0.25) is 11.8 Å². The van der Waals surface area contributed by atoms with E-state index in [4.69, 9.17) is 0 Å². The van der Waals surface area contributed by atoms with E-state index in [1.54, 1.807) is 60.7 Å². The van der Waals surface area contributed by atoms with E-state index in [2.05, 4.69) is 10.6 Å². The number of amides is 2. The van der Waals surface area contributed by atoms with Gasteiger partial charge in [-0.3, -0.25) is 9.59 Å². The monoisotopic (exact) mass is 344 g/mol. The molecule has 0 unspecified atom stereocenters. The van der Waals surface area contributed by atoms with Crippen molar-refractivity contribution in [2.45, 2.75) is 12.2 Å². The summed E-state index contributed by atoms with van der Waals surface area (Å²) in [6.07, 6.45) is -4.46. The molecule has 0 heterocycles. The first-order chi connectivity index (χ1) is 10.6.